The van der Waals surface area contributed by atoms with Crippen molar-refractivity contribution < 1.29 is 14.3 Å². The minimum atomic E-state index is -0.842. The summed E-state index contributed by atoms with van der Waals surface area (Å²) in [4.78, 5) is 11.8. The van der Waals surface area contributed by atoms with Crippen LogP contribution >= 0.6 is 11.6 Å². The Balaban J connectivity index is 2.35. The summed E-state index contributed by atoms with van der Waals surface area (Å²) in [5.41, 5.74) is 0.741. The van der Waals surface area contributed by atoms with Gasteiger partial charge in [0.15, 0.2) is 5.38 Å². The molecule has 0 heterocycles. The lowest BCUT2D eigenvalue weighted by Gasteiger charge is -2.14. The number of benzene rings is 3. The number of carbonyl (C=O) groups excluding carboxylic acids is 1. The highest BCUT2D eigenvalue weighted by molar-refractivity contribution is 6.31. The van der Waals surface area contributed by atoms with Crippen molar-refractivity contribution in [2.24, 2.45) is 0 Å². The second kappa shape index (κ2) is 5.85. The topological polar surface area (TPSA) is 35.5 Å². The first-order valence-electron chi connectivity index (χ1n) is 6.87. The standard InChI is InChI=1S/C18H15ClO3/c1-21-12-7-8-13-11(9-12)10-16(17(19)18(20)22-2)15-6-4-3-5-14(13)15/h3-10,17H,1-2H3. The molecular formula is C18H15ClO3. The van der Waals surface area contributed by atoms with Gasteiger partial charge in [-0.2, -0.15) is 0 Å². The molecule has 0 saturated carbocycles. The van der Waals surface area contributed by atoms with Gasteiger partial charge in [0.05, 0.1) is 14.2 Å². The van der Waals surface area contributed by atoms with E-state index in [1.54, 1.807) is 7.11 Å². The smallest absolute Gasteiger partial charge is 0.328 e. The number of ether oxygens (including phenoxy) is 2. The fourth-order valence-electron chi connectivity index (χ4n) is 2.69. The zero-order valence-electron chi connectivity index (χ0n) is 12.3. The van der Waals surface area contributed by atoms with Crippen molar-refractivity contribution in [3.8, 4) is 5.75 Å². The number of carbonyl (C=O) groups is 1. The molecule has 1 unspecified atom stereocenters. The lowest BCUT2D eigenvalue weighted by molar-refractivity contribution is -0.140. The van der Waals surface area contributed by atoms with Crippen LogP contribution in [0.2, 0.25) is 0 Å². The summed E-state index contributed by atoms with van der Waals surface area (Å²) in [5.74, 6) is 0.298. The number of hydrogen-bond donors (Lipinski definition) is 0. The van der Waals surface area contributed by atoms with E-state index >= 15 is 0 Å². The summed E-state index contributed by atoms with van der Waals surface area (Å²) < 4.78 is 10.1. The number of alkyl halides is 1. The van der Waals surface area contributed by atoms with E-state index in [2.05, 4.69) is 0 Å². The van der Waals surface area contributed by atoms with Gasteiger partial charge in [-0.1, -0.05) is 30.3 Å². The van der Waals surface area contributed by atoms with Gasteiger partial charge in [-0.25, -0.2) is 0 Å². The maximum absolute atomic E-state index is 11.8. The number of rotatable bonds is 3. The van der Waals surface area contributed by atoms with Gasteiger partial charge in [0.2, 0.25) is 0 Å². The molecule has 0 bridgehead atoms. The molecule has 3 nitrogen and oxygen atoms in total. The molecule has 3 rings (SSSR count). The third-order valence-electron chi connectivity index (χ3n) is 3.78. The second-order valence-corrected chi connectivity index (χ2v) is 5.42. The molecule has 22 heavy (non-hydrogen) atoms. The number of esters is 1. The van der Waals surface area contributed by atoms with Crippen LogP contribution in [0.5, 0.6) is 5.75 Å². The fraction of sp³-hybridized carbons (Fsp3) is 0.167. The van der Waals surface area contributed by atoms with Gasteiger partial charge in [-0.15, -0.1) is 11.6 Å². The van der Waals surface area contributed by atoms with Crippen molar-refractivity contribution in [1.29, 1.82) is 0 Å². The van der Waals surface area contributed by atoms with E-state index in [0.29, 0.717) is 0 Å². The van der Waals surface area contributed by atoms with E-state index < -0.39 is 11.3 Å². The van der Waals surface area contributed by atoms with Gasteiger partial charge in [0.25, 0.3) is 0 Å². The predicted octanol–water partition coefficient (Wildman–Crippen LogP) is 4.45. The number of fused-ring (bicyclic) bond motifs is 3. The maximum atomic E-state index is 11.8. The fourth-order valence-corrected chi connectivity index (χ4v) is 2.96. The van der Waals surface area contributed by atoms with Gasteiger partial charge in [0, 0.05) is 0 Å². The van der Waals surface area contributed by atoms with Gasteiger partial charge < -0.3 is 9.47 Å². The first kappa shape index (κ1) is 14.7. The van der Waals surface area contributed by atoms with Gasteiger partial charge in [-0.05, 0) is 45.3 Å². The molecule has 0 aliphatic rings. The summed E-state index contributed by atoms with van der Waals surface area (Å²) in [6, 6.07) is 15.7. The van der Waals surface area contributed by atoms with Crippen LogP contribution in [0.4, 0.5) is 0 Å². The Hall–Kier alpha value is -2.26. The zero-order chi connectivity index (χ0) is 15.7. The molecule has 4 heteroatoms. The van der Waals surface area contributed by atoms with Crippen molar-refractivity contribution in [2.45, 2.75) is 5.38 Å². The molecule has 0 N–H and O–H groups in total. The number of methoxy groups -OCH3 is 2. The molecule has 112 valence electrons. The number of halogens is 1. The van der Waals surface area contributed by atoms with Gasteiger partial charge in [-0.3, -0.25) is 4.79 Å². The zero-order valence-corrected chi connectivity index (χ0v) is 13.1. The Morgan fingerprint density at radius 3 is 2.41 bits per heavy atom. The van der Waals surface area contributed by atoms with Crippen LogP contribution in [0.15, 0.2) is 48.5 Å². The molecule has 0 amide bonds. The van der Waals surface area contributed by atoms with Crippen molar-refractivity contribution in [2.75, 3.05) is 14.2 Å². The Morgan fingerprint density at radius 1 is 1.00 bits per heavy atom. The largest absolute Gasteiger partial charge is 0.497 e. The van der Waals surface area contributed by atoms with Crippen molar-refractivity contribution >= 4 is 39.1 Å². The highest BCUT2D eigenvalue weighted by Gasteiger charge is 2.21. The lowest BCUT2D eigenvalue weighted by Crippen LogP contribution is -2.09. The predicted molar refractivity (Wildman–Crippen MR) is 88.6 cm³/mol. The Labute approximate surface area is 133 Å². The summed E-state index contributed by atoms with van der Waals surface area (Å²) in [6.07, 6.45) is 0. The third kappa shape index (κ3) is 2.38. The average molecular weight is 315 g/mol. The Kier molecular flexibility index (Phi) is 3.90. The minimum Gasteiger partial charge on any atom is -0.497 e. The molecular weight excluding hydrogens is 300 g/mol. The molecule has 0 aliphatic heterocycles. The van der Waals surface area contributed by atoms with E-state index in [1.165, 1.54) is 7.11 Å². The molecule has 3 aromatic carbocycles. The minimum absolute atomic E-state index is 0.464. The summed E-state index contributed by atoms with van der Waals surface area (Å²) >= 11 is 6.30. The van der Waals surface area contributed by atoms with Gasteiger partial charge in [0.1, 0.15) is 5.75 Å². The molecule has 3 aromatic rings. The van der Waals surface area contributed by atoms with Crippen LogP contribution in [0, 0.1) is 0 Å². The highest BCUT2D eigenvalue weighted by atomic mass is 35.5. The lowest BCUT2D eigenvalue weighted by atomic mass is 9.95. The summed E-state index contributed by atoms with van der Waals surface area (Å²) in [7, 11) is 2.96. The highest BCUT2D eigenvalue weighted by Crippen LogP contribution is 2.36. The van der Waals surface area contributed by atoms with Crippen molar-refractivity contribution in [3.63, 3.8) is 0 Å². The summed E-state index contributed by atoms with van der Waals surface area (Å²) in [5, 5.41) is 3.22. The molecule has 0 saturated heterocycles. The molecule has 1 atom stereocenters. The normalized spacial score (nSPS) is 12.3. The van der Waals surface area contributed by atoms with E-state index in [4.69, 9.17) is 21.1 Å². The molecule has 0 aromatic heterocycles. The average Bonchev–Trinajstić information content (AvgIpc) is 2.59. The summed E-state index contributed by atoms with van der Waals surface area (Å²) in [6.45, 7) is 0. The quantitative estimate of drug-likeness (QED) is 0.407. The van der Waals surface area contributed by atoms with Crippen LogP contribution in [0.1, 0.15) is 10.9 Å². The van der Waals surface area contributed by atoms with E-state index in [9.17, 15) is 4.79 Å². The van der Waals surface area contributed by atoms with Crippen LogP contribution in [0.25, 0.3) is 21.5 Å². The monoisotopic (exact) mass is 314 g/mol. The number of hydrogen-bond acceptors (Lipinski definition) is 3. The maximum Gasteiger partial charge on any atom is 0.328 e. The first-order chi connectivity index (χ1) is 10.7. The van der Waals surface area contributed by atoms with Crippen LogP contribution in [-0.4, -0.2) is 20.2 Å². The van der Waals surface area contributed by atoms with E-state index in [1.807, 2.05) is 48.5 Å². The molecule has 0 spiro atoms. The molecule has 0 fully saturated rings. The third-order valence-corrected chi connectivity index (χ3v) is 4.19. The Morgan fingerprint density at radius 2 is 1.73 bits per heavy atom. The van der Waals surface area contributed by atoms with Crippen molar-refractivity contribution in [1.82, 2.24) is 0 Å². The second-order valence-electron chi connectivity index (χ2n) is 4.98. The van der Waals surface area contributed by atoms with E-state index in [0.717, 1.165) is 32.9 Å². The Bertz CT molecular complexity index is 857. The molecule has 0 radical (unpaired) electrons. The first-order valence-corrected chi connectivity index (χ1v) is 7.30. The SMILES string of the molecule is COC(=O)C(Cl)c1cc2cc(OC)ccc2c2ccccc12. The van der Waals surface area contributed by atoms with Crippen LogP contribution in [0.3, 0.4) is 0 Å². The molecule has 0 aliphatic carbocycles. The van der Waals surface area contributed by atoms with Gasteiger partial charge >= 0.3 is 5.97 Å². The van der Waals surface area contributed by atoms with Crippen molar-refractivity contribution in [3.05, 3.63) is 54.1 Å². The van der Waals surface area contributed by atoms with Crippen LogP contribution in [-0.2, 0) is 9.53 Å². The van der Waals surface area contributed by atoms with Crippen LogP contribution < -0.4 is 4.74 Å². The van der Waals surface area contributed by atoms with E-state index in [-0.39, 0.29) is 0 Å².